The fourth-order valence-corrected chi connectivity index (χ4v) is 3.02. The number of carbonyl (C=O) groups excluding carboxylic acids is 1. The number of hydrogen-bond acceptors (Lipinski definition) is 5. The predicted octanol–water partition coefficient (Wildman–Crippen LogP) is 3.34. The van der Waals surface area contributed by atoms with Crippen LogP contribution in [0.5, 0.6) is 0 Å². The second-order valence-corrected chi connectivity index (χ2v) is 6.74. The van der Waals surface area contributed by atoms with Gasteiger partial charge in [-0.25, -0.2) is 9.48 Å². The van der Waals surface area contributed by atoms with Gasteiger partial charge in [0.25, 0.3) is 0 Å². The molecule has 0 bridgehead atoms. The van der Waals surface area contributed by atoms with Crippen LogP contribution in [-0.4, -0.2) is 51.4 Å². The second kappa shape index (κ2) is 10.3. The number of hydrogen-bond donors (Lipinski definition) is 1. The minimum Gasteiger partial charge on any atom is -0.385 e. The van der Waals surface area contributed by atoms with E-state index in [1.54, 1.807) is 18.8 Å². The van der Waals surface area contributed by atoms with E-state index in [9.17, 15) is 4.79 Å². The van der Waals surface area contributed by atoms with E-state index in [1.807, 2.05) is 59.5 Å². The Labute approximate surface area is 170 Å². The van der Waals surface area contributed by atoms with Gasteiger partial charge in [-0.1, -0.05) is 42.5 Å². The quantitative estimate of drug-likeness (QED) is 0.563. The summed E-state index contributed by atoms with van der Waals surface area (Å²) in [4.78, 5) is 14.8. The third-order valence-corrected chi connectivity index (χ3v) is 4.52. The smallest absolute Gasteiger partial charge is 0.322 e. The lowest BCUT2D eigenvalue weighted by molar-refractivity contribution is 0.182. The van der Waals surface area contributed by atoms with Crippen LogP contribution in [0.3, 0.4) is 0 Å². The van der Waals surface area contributed by atoms with Gasteiger partial charge in [0.2, 0.25) is 0 Å². The number of aryl methyl sites for hydroxylation is 1. The summed E-state index contributed by atoms with van der Waals surface area (Å²) < 4.78 is 6.71. The van der Waals surface area contributed by atoms with Gasteiger partial charge in [0.05, 0.1) is 0 Å². The van der Waals surface area contributed by atoms with E-state index >= 15 is 0 Å². The first-order chi connectivity index (χ1) is 14.2. The van der Waals surface area contributed by atoms with E-state index < -0.39 is 0 Å². The average Bonchev–Trinajstić information content (AvgIpc) is 3.17. The van der Waals surface area contributed by atoms with Crippen molar-refractivity contribution in [1.82, 2.24) is 25.1 Å². The Kier molecular flexibility index (Phi) is 7.29. The molecule has 1 aromatic heterocycles. The first-order valence-electron chi connectivity index (χ1n) is 9.59. The van der Waals surface area contributed by atoms with Crippen LogP contribution in [-0.2, 0) is 18.3 Å². The summed E-state index contributed by atoms with van der Waals surface area (Å²) in [5.74, 6) is 0.641. The first-order valence-corrected chi connectivity index (χ1v) is 9.59. The summed E-state index contributed by atoms with van der Waals surface area (Å²) in [6, 6.07) is 17.4. The van der Waals surface area contributed by atoms with Crippen molar-refractivity contribution in [2.75, 3.05) is 25.6 Å². The number of ether oxygens (including phenoxy) is 1. The van der Waals surface area contributed by atoms with E-state index in [0.717, 1.165) is 24.0 Å². The molecule has 0 unspecified atom stereocenters. The van der Waals surface area contributed by atoms with Gasteiger partial charge in [-0.3, -0.25) is 0 Å². The molecular formula is C21H26N6O2. The molecule has 0 fully saturated rings. The Morgan fingerprint density at radius 1 is 1.14 bits per heavy atom. The number of benzene rings is 2. The first kappa shape index (κ1) is 20.5. The SMILES string of the molecule is COCCCCN(Cc1ccccc1)C(=O)Nc1cccc(-c2nnnn2C)c1. The Morgan fingerprint density at radius 3 is 2.69 bits per heavy atom. The van der Waals surface area contributed by atoms with Gasteiger partial charge in [-0.15, -0.1) is 5.10 Å². The van der Waals surface area contributed by atoms with Crippen molar-refractivity contribution in [2.45, 2.75) is 19.4 Å². The van der Waals surface area contributed by atoms with Crippen molar-refractivity contribution < 1.29 is 9.53 Å². The van der Waals surface area contributed by atoms with Crippen LogP contribution in [0, 0.1) is 0 Å². The molecule has 0 aliphatic carbocycles. The van der Waals surface area contributed by atoms with Crippen molar-refractivity contribution in [3.05, 3.63) is 60.2 Å². The topological polar surface area (TPSA) is 85.2 Å². The molecule has 2 amide bonds. The van der Waals surface area contributed by atoms with Crippen LogP contribution in [0.1, 0.15) is 18.4 Å². The molecule has 0 saturated heterocycles. The summed E-state index contributed by atoms with van der Waals surface area (Å²) in [5.41, 5.74) is 2.63. The number of nitrogens with zero attached hydrogens (tertiary/aromatic N) is 5. The van der Waals surface area contributed by atoms with Gasteiger partial charge in [0.1, 0.15) is 0 Å². The summed E-state index contributed by atoms with van der Waals surface area (Å²) in [5, 5.41) is 14.6. The van der Waals surface area contributed by atoms with Crippen molar-refractivity contribution in [3.8, 4) is 11.4 Å². The van der Waals surface area contributed by atoms with Crippen LogP contribution >= 0.6 is 0 Å². The fraction of sp³-hybridized carbons (Fsp3) is 0.333. The van der Waals surface area contributed by atoms with E-state index in [0.29, 0.717) is 31.2 Å². The summed E-state index contributed by atoms with van der Waals surface area (Å²) in [6.45, 7) is 1.89. The standard InChI is InChI=1S/C21H26N6O2/c1-26-20(23-24-25-26)18-11-8-12-19(15-18)22-21(28)27(13-6-7-14-29-2)16-17-9-4-3-5-10-17/h3-5,8-12,15H,6-7,13-14,16H2,1-2H3,(H,22,28). The number of urea groups is 1. The molecule has 29 heavy (non-hydrogen) atoms. The maximum atomic E-state index is 13.0. The second-order valence-electron chi connectivity index (χ2n) is 6.74. The summed E-state index contributed by atoms with van der Waals surface area (Å²) in [6.07, 6.45) is 1.78. The zero-order valence-electron chi connectivity index (χ0n) is 16.8. The number of unbranched alkanes of at least 4 members (excludes halogenated alkanes) is 1. The highest BCUT2D eigenvalue weighted by Gasteiger charge is 2.15. The van der Waals surface area contributed by atoms with Gasteiger partial charge in [0, 0.05) is 45.1 Å². The lowest BCUT2D eigenvalue weighted by Gasteiger charge is -2.23. The Bertz CT molecular complexity index is 912. The number of amides is 2. The zero-order valence-corrected chi connectivity index (χ0v) is 16.8. The maximum absolute atomic E-state index is 13.0. The number of anilines is 1. The number of methoxy groups -OCH3 is 1. The lowest BCUT2D eigenvalue weighted by atomic mass is 10.2. The van der Waals surface area contributed by atoms with Crippen LogP contribution in [0.2, 0.25) is 0 Å². The van der Waals surface area contributed by atoms with Crippen LogP contribution < -0.4 is 5.32 Å². The molecule has 1 N–H and O–H groups in total. The molecule has 0 atom stereocenters. The van der Waals surface area contributed by atoms with Crippen LogP contribution in [0.4, 0.5) is 10.5 Å². The maximum Gasteiger partial charge on any atom is 0.322 e. The normalized spacial score (nSPS) is 10.7. The molecule has 8 nitrogen and oxygen atoms in total. The number of nitrogens with one attached hydrogen (secondary N) is 1. The van der Waals surface area contributed by atoms with Gasteiger partial charge in [0.15, 0.2) is 5.82 Å². The predicted molar refractivity (Wildman–Crippen MR) is 111 cm³/mol. The number of carbonyl (C=O) groups is 1. The molecule has 0 saturated carbocycles. The highest BCUT2D eigenvalue weighted by molar-refractivity contribution is 5.90. The molecule has 0 aliphatic rings. The molecule has 1 heterocycles. The van der Waals surface area contributed by atoms with Gasteiger partial charge in [-0.2, -0.15) is 0 Å². The minimum atomic E-state index is -0.139. The van der Waals surface area contributed by atoms with E-state index in [-0.39, 0.29) is 6.03 Å². The summed E-state index contributed by atoms with van der Waals surface area (Å²) in [7, 11) is 3.47. The Hall–Kier alpha value is -3.26. The molecule has 0 aliphatic heterocycles. The average molecular weight is 394 g/mol. The van der Waals surface area contributed by atoms with Gasteiger partial charge < -0.3 is 15.0 Å². The van der Waals surface area contributed by atoms with E-state index in [4.69, 9.17) is 4.74 Å². The minimum absolute atomic E-state index is 0.139. The van der Waals surface area contributed by atoms with E-state index in [1.165, 1.54) is 0 Å². The lowest BCUT2D eigenvalue weighted by Crippen LogP contribution is -2.35. The fourth-order valence-electron chi connectivity index (χ4n) is 3.02. The largest absolute Gasteiger partial charge is 0.385 e. The highest BCUT2D eigenvalue weighted by atomic mass is 16.5. The molecule has 152 valence electrons. The molecule has 0 spiro atoms. The molecule has 8 heteroatoms. The van der Waals surface area contributed by atoms with Crippen molar-refractivity contribution >= 4 is 11.7 Å². The highest BCUT2D eigenvalue weighted by Crippen LogP contribution is 2.20. The van der Waals surface area contributed by atoms with Crippen LogP contribution in [0.25, 0.3) is 11.4 Å². The third-order valence-electron chi connectivity index (χ3n) is 4.52. The monoisotopic (exact) mass is 394 g/mol. The number of rotatable bonds is 9. The summed E-state index contributed by atoms with van der Waals surface area (Å²) >= 11 is 0. The van der Waals surface area contributed by atoms with Crippen molar-refractivity contribution in [3.63, 3.8) is 0 Å². The molecule has 2 aromatic carbocycles. The molecule has 3 rings (SSSR count). The van der Waals surface area contributed by atoms with Crippen LogP contribution in [0.15, 0.2) is 54.6 Å². The molecule has 0 radical (unpaired) electrons. The number of tetrazole rings is 1. The zero-order chi connectivity index (χ0) is 20.5. The number of aromatic nitrogens is 4. The molecular weight excluding hydrogens is 368 g/mol. The molecule has 3 aromatic rings. The van der Waals surface area contributed by atoms with Crippen molar-refractivity contribution in [2.24, 2.45) is 7.05 Å². The third kappa shape index (κ3) is 5.86. The Morgan fingerprint density at radius 2 is 1.97 bits per heavy atom. The Balaban J connectivity index is 1.70. The van der Waals surface area contributed by atoms with E-state index in [2.05, 4.69) is 20.8 Å². The van der Waals surface area contributed by atoms with Crippen molar-refractivity contribution in [1.29, 1.82) is 0 Å². The van der Waals surface area contributed by atoms with Gasteiger partial charge in [-0.05, 0) is 41.0 Å². The van der Waals surface area contributed by atoms with Gasteiger partial charge >= 0.3 is 6.03 Å².